The van der Waals surface area contributed by atoms with Gasteiger partial charge in [0.2, 0.25) is 0 Å². The Morgan fingerprint density at radius 3 is 2.50 bits per heavy atom. The van der Waals surface area contributed by atoms with E-state index in [0.29, 0.717) is 5.92 Å². The van der Waals surface area contributed by atoms with Crippen LogP contribution in [0.1, 0.15) is 44.9 Å². The lowest BCUT2D eigenvalue weighted by molar-refractivity contribution is 0.0390. The van der Waals surface area contributed by atoms with Crippen LogP contribution in [0, 0.1) is 5.92 Å². The molecule has 14 heavy (non-hydrogen) atoms. The van der Waals surface area contributed by atoms with Gasteiger partial charge in [-0.15, -0.1) is 0 Å². The minimum Gasteiger partial charge on any atom is -0.392 e. The van der Waals surface area contributed by atoms with Crippen molar-refractivity contribution < 1.29 is 9.94 Å². The largest absolute Gasteiger partial charge is 0.392 e. The van der Waals surface area contributed by atoms with Gasteiger partial charge in [0.05, 0.1) is 12.3 Å². The van der Waals surface area contributed by atoms with E-state index in [4.69, 9.17) is 9.94 Å². The van der Waals surface area contributed by atoms with Crippen molar-refractivity contribution in [3.8, 4) is 0 Å². The number of nitrogens with zero attached hydrogens (tertiary/aromatic N) is 1. The second kappa shape index (κ2) is 4.78. The van der Waals surface area contributed by atoms with E-state index in [9.17, 15) is 0 Å². The molecule has 1 heterocycles. The fourth-order valence-electron chi connectivity index (χ4n) is 2.40. The zero-order valence-electron chi connectivity index (χ0n) is 8.61. The summed E-state index contributed by atoms with van der Waals surface area (Å²) < 4.78 is 0. The van der Waals surface area contributed by atoms with Gasteiger partial charge in [0.15, 0.2) is 6.10 Å². The van der Waals surface area contributed by atoms with Gasteiger partial charge in [-0.05, 0) is 12.8 Å². The van der Waals surface area contributed by atoms with Gasteiger partial charge in [-0.3, -0.25) is 0 Å². The highest BCUT2D eigenvalue weighted by Gasteiger charge is 2.26. The van der Waals surface area contributed by atoms with E-state index in [1.807, 2.05) is 0 Å². The average Bonchev–Trinajstić information content (AvgIpc) is 2.53. The Bertz CT molecular complexity index is 207. The van der Waals surface area contributed by atoms with Crippen molar-refractivity contribution >= 4 is 5.71 Å². The Morgan fingerprint density at radius 2 is 1.93 bits per heavy atom. The summed E-state index contributed by atoms with van der Waals surface area (Å²) in [4.78, 5) is 5.15. The second-order valence-corrected chi connectivity index (χ2v) is 4.39. The molecule has 0 bridgehead atoms. The Hall–Kier alpha value is -0.570. The molecule has 1 saturated carbocycles. The third-order valence-electron chi connectivity index (χ3n) is 3.29. The molecule has 3 nitrogen and oxygen atoms in total. The number of hydrogen-bond donors (Lipinski definition) is 1. The molecule has 3 heteroatoms. The summed E-state index contributed by atoms with van der Waals surface area (Å²) in [5.41, 5.74) is 1.20. The van der Waals surface area contributed by atoms with E-state index in [-0.39, 0.29) is 12.7 Å². The molecule has 2 aliphatic rings. The molecule has 1 unspecified atom stereocenters. The molecular weight excluding hydrogens is 178 g/mol. The Balaban J connectivity index is 1.88. The minimum atomic E-state index is -0.0618. The van der Waals surface area contributed by atoms with Gasteiger partial charge >= 0.3 is 0 Å². The Labute approximate surface area is 85.1 Å². The molecule has 1 aliphatic heterocycles. The lowest BCUT2D eigenvalue weighted by Crippen LogP contribution is -2.17. The van der Waals surface area contributed by atoms with Crippen LogP contribution in [-0.2, 0) is 4.84 Å². The third kappa shape index (κ3) is 2.27. The van der Waals surface area contributed by atoms with Crippen LogP contribution in [0.2, 0.25) is 0 Å². The van der Waals surface area contributed by atoms with Gasteiger partial charge < -0.3 is 9.94 Å². The van der Waals surface area contributed by atoms with Gasteiger partial charge in [0.25, 0.3) is 0 Å². The topological polar surface area (TPSA) is 41.8 Å². The van der Waals surface area contributed by atoms with Crippen molar-refractivity contribution in [1.29, 1.82) is 0 Å². The summed E-state index contributed by atoms with van der Waals surface area (Å²) in [5, 5.41) is 13.0. The molecule has 0 aromatic heterocycles. The maximum Gasteiger partial charge on any atom is 0.155 e. The highest BCUT2D eigenvalue weighted by atomic mass is 16.6. The predicted molar refractivity (Wildman–Crippen MR) is 55.2 cm³/mol. The fourth-order valence-corrected chi connectivity index (χ4v) is 2.40. The lowest BCUT2D eigenvalue weighted by Gasteiger charge is -2.12. The molecule has 1 atom stereocenters. The lowest BCUT2D eigenvalue weighted by atomic mass is 9.92. The zero-order valence-corrected chi connectivity index (χ0v) is 8.61. The number of aliphatic hydroxyl groups excluding tert-OH is 1. The van der Waals surface area contributed by atoms with Crippen LogP contribution >= 0.6 is 0 Å². The summed E-state index contributed by atoms with van der Waals surface area (Å²) in [6, 6.07) is 0. The van der Waals surface area contributed by atoms with Gasteiger partial charge in [-0.1, -0.05) is 30.8 Å². The fraction of sp³-hybridized carbons (Fsp3) is 0.909. The maximum atomic E-state index is 8.94. The van der Waals surface area contributed by atoms with Crippen molar-refractivity contribution in [1.82, 2.24) is 0 Å². The molecule has 0 amide bonds. The quantitative estimate of drug-likeness (QED) is 0.689. The standard InChI is InChI=1S/C11H19NO2/c13-8-10-7-11(12-14-10)9-5-3-1-2-4-6-9/h9-10,13H,1-8H2. The molecule has 80 valence electrons. The summed E-state index contributed by atoms with van der Waals surface area (Å²) in [7, 11) is 0. The predicted octanol–water partition coefficient (Wildman–Crippen LogP) is 2.09. The summed E-state index contributed by atoms with van der Waals surface area (Å²) >= 11 is 0. The van der Waals surface area contributed by atoms with Crippen LogP contribution < -0.4 is 0 Å². The first-order valence-corrected chi connectivity index (χ1v) is 5.73. The molecular formula is C11H19NO2. The molecule has 1 N–H and O–H groups in total. The monoisotopic (exact) mass is 197 g/mol. The molecule has 1 aliphatic carbocycles. The smallest absolute Gasteiger partial charge is 0.155 e. The molecule has 2 rings (SSSR count). The second-order valence-electron chi connectivity index (χ2n) is 4.39. The van der Waals surface area contributed by atoms with Crippen LogP contribution in [0.4, 0.5) is 0 Å². The van der Waals surface area contributed by atoms with Crippen LogP contribution in [0.5, 0.6) is 0 Å². The van der Waals surface area contributed by atoms with Crippen LogP contribution in [-0.4, -0.2) is 23.5 Å². The van der Waals surface area contributed by atoms with E-state index in [0.717, 1.165) is 6.42 Å². The number of oxime groups is 1. The molecule has 0 spiro atoms. The first kappa shape index (κ1) is 9.97. The van der Waals surface area contributed by atoms with Crippen molar-refractivity contribution in [2.45, 2.75) is 51.0 Å². The van der Waals surface area contributed by atoms with Gasteiger partial charge in [-0.25, -0.2) is 0 Å². The Kier molecular flexibility index (Phi) is 3.40. The minimum absolute atomic E-state index is 0.0618. The highest BCUT2D eigenvalue weighted by molar-refractivity contribution is 5.87. The van der Waals surface area contributed by atoms with Gasteiger partial charge in [0.1, 0.15) is 0 Å². The first-order valence-electron chi connectivity index (χ1n) is 5.73. The molecule has 1 fully saturated rings. The maximum absolute atomic E-state index is 8.94. The van der Waals surface area contributed by atoms with Crippen LogP contribution in [0.25, 0.3) is 0 Å². The zero-order chi connectivity index (χ0) is 9.80. The van der Waals surface area contributed by atoms with Gasteiger partial charge in [0, 0.05) is 12.3 Å². The van der Waals surface area contributed by atoms with Crippen molar-refractivity contribution in [2.75, 3.05) is 6.61 Å². The molecule has 0 radical (unpaired) electrons. The summed E-state index contributed by atoms with van der Waals surface area (Å²) in [6.45, 7) is 0.0969. The van der Waals surface area contributed by atoms with Crippen molar-refractivity contribution in [2.24, 2.45) is 11.1 Å². The van der Waals surface area contributed by atoms with E-state index >= 15 is 0 Å². The normalized spacial score (nSPS) is 29.5. The summed E-state index contributed by atoms with van der Waals surface area (Å²) in [6.07, 6.45) is 8.71. The molecule has 0 aromatic rings. The van der Waals surface area contributed by atoms with Crippen LogP contribution in [0.15, 0.2) is 5.16 Å². The number of aliphatic hydroxyl groups is 1. The Morgan fingerprint density at radius 1 is 1.21 bits per heavy atom. The number of hydrogen-bond acceptors (Lipinski definition) is 3. The van der Waals surface area contributed by atoms with E-state index in [2.05, 4.69) is 5.16 Å². The SMILES string of the molecule is OCC1CC(C2CCCCCC2)=NO1. The average molecular weight is 197 g/mol. The van der Waals surface area contributed by atoms with Crippen LogP contribution in [0.3, 0.4) is 0 Å². The van der Waals surface area contributed by atoms with Gasteiger partial charge in [-0.2, -0.15) is 0 Å². The summed E-state index contributed by atoms with van der Waals surface area (Å²) in [5.74, 6) is 0.633. The van der Waals surface area contributed by atoms with E-state index < -0.39 is 0 Å². The number of rotatable bonds is 2. The molecule has 0 saturated heterocycles. The van der Waals surface area contributed by atoms with Crippen molar-refractivity contribution in [3.63, 3.8) is 0 Å². The van der Waals surface area contributed by atoms with E-state index in [1.54, 1.807) is 0 Å². The first-order chi connectivity index (χ1) is 6.90. The highest BCUT2D eigenvalue weighted by Crippen LogP contribution is 2.28. The van der Waals surface area contributed by atoms with Crippen molar-refractivity contribution in [3.05, 3.63) is 0 Å². The molecule has 0 aromatic carbocycles. The van der Waals surface area contributed by atoms with E-state index in [1.165, 1.54) is 44.2 Å². The third-order valence-corrected chi connectivity index (χ3v) is 3.29.